The van der Waals surface area contributed by atoms with Crippen molar-refractivity contribution < 1.29 is 4.79 Å². The van der Waals surface area contributed by atoms with Gasteiger partial charge in [0.25, 0.3) is 5.91 Å². The number of likely N-dealkylation sites (tertiary alicyclic amines) is 1. The van der Waals surface area contributed by atoms with E-state index in [-0.39, 0.29) is 11.9 Å². The normalized spacial score (nSPS) is 20.3. The second-order valence-electron chi connectivity index (χ2n) is 5.81. The van der Waals surface area contributed by atoms with Crippen LogP contribution in [0.25, 0.3) is 0 Å². The monoisotopic (exact) mass is 279 g/mol. The van der Waals surface area contributed by atoms with E-state index >= 15 is 0 Å². The van der Waals surface area contributed by atoms with Crippen molar-refractivity contribution in [3.05, 3.63) is 11.9 Å². The molecule has 0 radical (unpaired) electrons. The minimum atomic E-state index is -0.146. The van der Waals surface area contributed by atoms with Crippen molar-refractivity contribution in [1.29, 1.82) is 0 Å². The quantitative estimate of drug-likeness (QED) is 0.886. The molecule has 0 bridgehead atoms. The Balaban J connectivity index is 1.99. The first-order chi connectivity index (χ1) is 9.60. The van der Waals surface area contributed by atoms with Gasteiger partial charge in [0, 0.05) is 12.6 Å². The molecular weight excluding hydrogens is 254 g/mol. The molecule has 1 atom stereocenters. The molecule has 1 aliphatic heterocycles. The number of rotatable bonds is 5. The van der Waals surface area contributed by atoms with Crippen molar-refractivity contribution in [3.63, 3.8) is 0 Å². The molecule has 6 nitrogen and oxygen atoms in total. The largest absolute Gasteiger partial charge is 0.348 e. The zero-order chi connectivity index (χ0) is 14.5. The Bertz CT molecular complexity index is 441. The fraction of sp³-hybridized carbons (Fsp3) is 0.786. The van der Waals surface area contributed by atoms with E-state index in [2.05, 4.69) is 27.5 Å². The van der Waals surface area contributed by atoms with Crippen molar-refractivity contribution in [2.24, 2.45) is 0 Å². The maximum atomic E-state index is 11.9. The average Bonchev–Trinajstić information content (AvgIpc) is 2.88. The first-order valence-electron chi connectivity index (χ1n) is 7.55. The van der Waals surface area contributed by atoms with Crippen LogP contribution in [0.4, 0.5) is 0 Å². The number of carbonyl (C=O) groups is 1. The number of carbonyl (C=O) groups excluding carboxylic acids is 1. The van der Waals surface area contributed by atoms with E-state index in [0.29, 0.717) is 11.7 Å². The van der Waals surface area contributed by atoms with Crippen molar-refractivity contribution in [2.75, 3.05) is 19.6 Å². The molecule has 112 valence electrons. The molecule has 1 N–H and O–H groups in total. The van der Waals surface area contributed by atoms with Crippen LogP contribution in [0.15, 0.2) is 6.20 Å². The van der Waals surface area contributed by atoms with Gasteiger partial charge in [0.15, 0.2) is 5.69 Å². The summed E-state index contributed by atoms with van der Waals surface area (Å²) in [6.07, 6.45) is 5.23. The van der Waals surface area contributed by atoms with Crippen LogP contribution in [0.2, 0.25) is 0 Å². The summed E-state index contributed by atoms with van der Waals surface area (Å²) >= 11 is 0. The summed E-state index contributed by atoms with van der Waals surface area (Å²) in [4.78, 5) is 14.3. The third-order valence-electron chi connectivity index (χ3n) is 3.56. The predicted molar refractivity (Wildman–Crippen MR) is 77.6 cm³/mol. The predicted octanol–water partition coefficient (Wildman–Crippen LogP) is 1.46. The van der Waals surface area contributed by atoms with Gasteiger partial charge in [-0.1, -0.05) is 12.1 Å². The molecule has 1 fully saturated rings. The summed E-state index contributed by atoms with van der Waals surface area (Å²) in [6, 6.07) is 0.450. The van der Waals surface area contributed by atoms with E-state index in [4.69, 9.17) is 0 Å². The van der Waals surface area contributed by atoms with Crippen molar-refractivity contribution in [2.45, 2.75) is 52.1 Å². The average molecular weight is 279 g/mol. The number of amides is 1. The van der Waals surface area contributed by atoms with E-state index in [1.54, 1.807) is 6.20 Å². The molecular formula is C14H25N5O. The maximum Gasteiger partial charge on any atom is 0.273 e. The molecule has 1 aromatic heterocycles. The molecule has 0 saturated carbocycles. The van der Waals surface area contributed by atoms with E-state index in [1.807, 2.05) is 18.5 Å². The highest BCUT2D eigenvalue weighted by Crippen LogP contribution is 2.20. The molecule has 0 aliphatic carbocycles. The second kappa shape index (κ2) is 6.83. The first-order valence-corrected chi connectivity index (χ1v) is 7.55. The summed E-state index contributed by atoms with van der Waals surface area (Å²) in [5, 5.41) is 11.0. The van der Waals surface area contributed by atoms with Gasteiger partial charge in [-0.05, 0) is 46.2 Å². The van der Waals surface area contributed by atoms with E-state index < -0.39 is 0 Å². The summed E-state index contributed by atoms with van der Waals surface area (Å²) in [6.45, 7) is 9.37. The van der Waals surface area contributed by atoms with Gasteiger partial charge in [-0.25, -0.2) is 4.68 Å². The number of hydrogen-bond acceptors (Lipinski definition) is 4. The highest BCUT2D eigenvalue weighted by atomic mass is 16.2. The SMILES string of the molecule is CCCN1CCCC(n2cc(C(=O)NC(C)C)nn2)C1. The lowest BCUT2D eigenvalue weighted by atomic mass is 10.1. The van der Waals surface area contributed by atoms with Crippen molar-refractivity contribution in [3.8, 4) is 0 Å². The topological polar surface area (TPSA) is 63.1 Å². The van der Waals surface area contributed by atoms with Crippen LogP contribution in [0.5, 0.6) is 0 Å². The Labute approximate surface area is 120 Å². The van der Waals surface area contributed by atoms with Crippen LogP contribution in [0.1, 0.15) is 56.6 Å². The molecule has 1 unspecified atom stereocenters. The Kier molecular flexibility index (Phi) is 5.11. The highest BCUT2D eigenvalue weighted by molar-refractivity contribution is 5.91. The van der Waals surface area contributed by atoms with E-state index in [1.165, 1.54) is 19.4 Å². The first kappa shape index (κ1) is 15.0. The molecule has 2 heterocycles. The number of piperidine rings is 1. The molecule has 1 amide bonds. The Hall–Kier alpha value is -1.43. The van der Waals surface area contributed by atoms with Gasteiger partial charge in [0.1, 0.15) is 0 Å². The lowest BCUT2D eigenvalue weighted by Gasteiger charge is -2.32. The zero-order valence-electron chi connectivity index (χ0n) is 12.7. The van der Waals surface area contributed by atoms with Crippen LogP contribution < -0.4 is 5.32 Å². The van der Waals surface area contributed by atoms with Gasteiger partial charge in [-0.15, -0.1) is 5.10 Å². The minimum absolute atomic E-state index is 0.113. The van der Waals surface area contributed by atoms with Crippen LogP contribution in [-0.4, -0.2) is 51.5 Å². The van der Waals surface area contributed by atoms with Gasteiger partial charge in [-0.2, -0.15) is 0 Å². The standard InChI is InChI=1S/C14H25N5O/c1-4-7-18-8-5-6-12(9-18)19-10-13(16-17-19)14(20)15-11(2)3/h10-12H,4-9H2,1-3H3,(H,15,20). The Morgan fingerprint density at radius 3 is 3.05 bits per heavy atom. The number of nitrogens with one attached hydrogen (secondary N) is 1. The third kappa shape index (κ3) is 3.79. The van der Waals surface area contributed by atoms with Crippen LogP contribution in [0, 0.1) is 0 Å². The molecule has 0 aromatic carbocycles. The lowest BCUT2D eigenvalue weighted by molar-refractivity contribution is 0.0938. The molecule has 1 saturated heterocycles. The van der Waals surface area contributed by atoms with Crippen LogP contribution in [0.3, 0.4) is 0 Å². The summed E-state index contributed by atoms with van der Waals surface area (Å²) < 4.78 is 1.86. The third-order valence-corrected chi connectivity index (χ3v) is 3.56. The van der Waals surface area contributed by atoms with Crippen molar-refractivity contribution in [1.82, 2.24) is 25.2 Å². The van der Waals surface area contributed by atoms with Gasteiger partial charge in [0.2, 0.25) is 0 Å². The minimum Gasteiger partial charge on any atom is -0.348 e. The zero-order valence-corrected chi connectivity index (χ0v) is 12.7. The lowest BCUT2D eigenvalue weighted by Crippen LogP contribution is -2.37. The molecule has 6 heteroatoms. The highest BCUT2D eigenvalue weighted by Gasteiger charge is 2.22. The van der Waals surface area contributed by atoms with Gasteiger partial charge in [-0.3, -0.25) is 4.79 Å². The number of aromatic nitrogens is 3. The smallest absolute Gasteiger partial charge is 0.273 e. The Morgan fingerprint density at radius 2 is 2.35 bits per heavy atom. The molecule has 20 heavy (non-hydrogen) atoms. The van der Waals surface area contributed by atoms with Crippen LogP contribution >= 0.6 is 0 Å². The van der Waals surface area contributed by atoms with Gasteiger partial charge < -0.3 is 10.2 Å². The molecule has 0 spiro atoms. The second-order valence-corrected chi connectivity index (χ2v) is 5.81. The summed E-state index contributed by atoms with van der Waals surface area (Å²) in [5.41, 5.74) is 0.409. The van der Waals surface area contributed by atoms with Crippen LogP contribution in [-0.2, 0) is 0 Å². The molecule has 1 aromatic rings. The van der Waals surface area contributed by atoms with Gasteiger partial charge >= 0.3 is 0 Å². The van der Waals surface area contributed by atoms with Gasteiger partial charge in [0.05, 0.1) is 12.2 Å². The summed E-state index contributed by atoms with van der Waals surface area (Å²) in [5.74, 6) is -0.146. The fourth-order valence-corrected chi connectivity index (χ4v) is 2.66. The number of nitrogens with zero attached hydrogens (tertiary/aromatic N) is 4. The van der Waals surface area contributed by atoms with Crippen molar-refractivity contribution >= 4 is 5.91 Å². The molecule has 2 rings (SSSR count). The van der Waals surface area contributed by atoms with E-state index in [0.717, 1.165) is 19.5 Å². The number of hydrogen-bond donors (Lipinski definition) is 1. The summed E-state index contributed by atoms with van der Waals surface area (Å²) in [7, 11) is 0. The van der Waals surface area contributed by atoms with E-state index in [9.17, 15) is 4.79 Å². The molecule has 1 aliphatic rings. The Morgan fingerprint density at radius 1 is 1.55 bits per heavy atom. The fourth-order valence-electron chi connectivity index (χ4n) is 2.66. The maximum absolute atomic E-state index is 11.9.